The minimum Gasteiger partial charge on any atom is -0.331 e. The SMILES string of the molecule is CCc1ccc(CCC(=O)N2CC[NH+](CC(=O)Nc3ccccc3CC)CC2)cc1. The van der Waals surface area contributed by atoms with Crippen LogP contribution in [0.4, 0.5) is 5.69 Å². The summed E-state index contributed by atoms with van der Waals surface area (Å²) in [6.07, 6.45) is 3.27. The zero-order chi connectivity index (χ0) is 21.3. The lowest BCUT2D eigenvalue weighted by molar-refractivity contribution is -0.895. The van der Waals surface area contributed by atoms with Gasteiger partial charge in [-0.2, -0.15) is 0 Å². The second-order valence-corrected chi connectivity index (χ2v) is 8.04. The van der Waals surface area contributed by atoms with Crippen LogP contribution in [0, 0.1) is 0 Å². The van der Waals surface area contributed by atoms with Crippen molar-refractivity contribution < 1.29 is 14.5 Å². The van der Waals surface area contributed by atoms with Crippen molar-refractivity contribution in [2.24, 2.45) is 0 Å². The third-order valence-corrected chi connectivity index (χ3v) is 5.96. The first-order valence-electron chi connectivity index (χ1n) is 11.2. The van der Waals surface area contributed by atoms with Crippen molar-refractivity contribution in [3.63, 3.8) is 0 Å². The molecular formula is C25H34N3O2+. The van der Waals surface area contributed by atoms with Gasteiger partial charge in [0.05, 0.1) is 26.2 Å². The molecule has 1 aliphatic rings. The minimum atomic E-state index is 0.0428. The van der Waals surface area contributed by atoms with Gasteiger partial charge >= 0.3 is 0 Å². The first-order chi connectivity index (χ1) is 14.6. The monoisotopic (exact) mass is 408 g/mol. The zero-order valence-electron chi connectivity index (χ0n) is 18.2. The molecule has 160 valence electrons. The number of rotatable bonds is 8. The summed E-state index contributed by atoms with van der Waals surface area (Å²) in [4.78, 5) is 28.2. The molecule has 1 heterocycles. The molecule has 0 aromatic heterocycles. The summed E-state index contributed by atoms with van der Waals surface area (Å²) in [7, 11) is 0. The fourth-order valence-corrected chi connectivity index (χ4v) is 3.97. The molecule has 0 atom stereocenters. The Balaban J connectivity index is 1.40. The van der Waals surface area contributed by atoms with Crippen molar-refractivity contribution in [2.45, 2.75) is 39.5 Å². The summed E-state index contributed by atoms with van der Waals surface area (Å²) in [6.45, 7) is 7.77. The summed E-state index contributed by atoms with van der Waals surface area (Å²) in [5.74, 6) is 0.260. The van der Waals surface area contributed by atoms with Gasteiger partial charge in [0.25, 0.3) is 5.91 Å². The maximum absolute atomic E-state index is 12.6. The smallest absolute Gasteiger partial charge is 0.279 e. The molecule has 2 aromatic carbocycles. The zero-order valence-corrected chi connectivity index (χ0v) is 18.2. The summed E-state index contributed by atoms with van der Waals surface area (Å²) < 4.78 is 0. The van der Waals surface area contributed by atoms with Gasteiger partial charge < -0.3 is 15.1 Å². The van der Waals surface area contributed by atoms with Gasteiger partial charge in [-0.15, -0.1) is 0 Å². The van der Waals surface area contributed by atoms with E-state index in [1.54, 1.807) is 0 Å². The quantitative estimate of drug-likeness (QED) is 0.703. The van der Waals surface area contributed by atoms with E-state index in [4.69, 9.17) is 0 Å². The van der Waals surface area contributed by atoms with E-state index in [-0.39, 0.29) is 11.8 Å². The Bertz CT molecular complexity index is 840. The lowest BCUT2D eigenvalue weighted by Gasteiger charge is -2.32. The Morgan fingerprint density at radius 1 is 0.933 bits per heavy atom. The molecule has 2 N–H and O–H groups in total. The molecule has 0 bridgehead atoms. The molecule has 0 unspecified atom stereocenters. The number of anilines is 1. The number of nitrogens with one attached hydrogen (secondary N) is 2. The van der Waals surface area contributed by atoms with Gasteiger partial charge in [-0.1, -0.05) is 56.3 Å². The molecule has 5 heteroatoms. The lowest BCUT2D eigenvalue weighted by atomic mass is 10.1. The van der Waals surface area contributed by atoms with Crippen LogP contribution in [0.3, 0.4) is 0 Å². The summed E-state index contributed by atoms with van der Waals surface area (Å²) in [6, 6.07) is 16.5. The molecule has 0 radical (unpaired) electrons. The average molecular weight is 409 g/mol. The Morgan fingerprint density at radius 3 is 2.27 bits per heavy atom. The molecule has 1 aliphatic heterocycles. The van der Waals surface area contributed by atoms with E-state index in [1.807, 2.05) is 29.2 Å². The van der Waals surface area contributed by atoms with Gasteiger partial charge in [0.2, 0.25) is 5.91 Å². The molecule has 2 amide bonds. The maximum Gasteiger partial charge on any atom is 0.279 e. The van der Waals surface area contributed by atoms with Crippen LogP contribution in [0.15, 0.2) is 48.5 Å². The number of quaternary nitrogens is 1. The van der Waals surface area contributed by atoms with Gasteiger partial charge in [-0.3, -0.25) is 9.59 Å². The van der Waals surface area contributed by atoms with Crippen LogP contribution in [-0.4, -0.2) is 49.4 Å². The largest absolute Gasteiger partial charge is 0.331 e. The number of aryl methyl sites for hydroxylation is 3. The van der Waals surface area contributed by atoms with Crippen molar-refractivity contribution in [2.75, 3.05) is 38.0 Å². The van der Waals surface area contributed by atoms with Crippen LogP contribution < -0.4 is 10.2 Å². The minimum absolute atomic E-state index is 0.0428. The van der Waals surface area contributed by atoms with Gasteiger partial charge in [0.15, 0.2) is 6.54 Å². The van der Waals surface area contributed by atoms with Crippen LogP contribution in [0.25, 0.3) is 0 Å². The normalized spacial score (nSPS) is 14.5. The van der Waals surface area contributed by atoms with Gasteiger partial charge in [-0.25, -0.2) is 0 Å². The number of hydrogen-bond donors (Lipinski definition) is 2. The van der Waals surface area contributed by atoms with Crippen molar-refractivity contribution in [3.05, 3.63) is 65.2 Å². The Morgan fingerprint density at radius 2 is 1.60 bits per heavy atom. The highest BCUT2D eigenvalue weighted by Crippen LogP contribution is 2.15. The standard InChI is InChI=1S/C25H33N3O2/c1-3-20-9-11-21(12-10-20)13-14-25(30)28-17-15-27(16-18-28)19-24(29)26-23-8-6-5-7-22(23)4-2/h5-12H,3-4,13-19H2,1-2H3,(H,26,29)/p+1. The van der Waals surface area contributed by atoms with Crippen molar-refractivity contribution in [3.8, 4) is 0 Å². The summed E-state index contributed by atoms with van der Waals surface area (Å²) in [5.41, 5.74) is 4.60. The van der Waals surface area contributed by atoms with E-state index in [0.29, 0.717) is 13.0 Å². The predicted octanol–water partition coefficient (Wildman–Crippen LogP) is 2.11. The number of carbonyl (C=O) groups excluding carboxylic acids is 2. The van der Waals surface area contributed by atoms with E-state index in [2.05, 4.69) is 43.4 Å². The first kappa shape index (κ1) is 22.0. The summed E-state index contributed by atoms with van der Waals surface area (Å²) >= 11 is 0. The predicted molar refractivity (Wildman–Crippen MR) is 121 cm³/mol. The number of hydrogen-bond acceptors (Lipinski definition) is 2. The number of benzene rings is 2. The maximum atomic E-state index is 12.6. The Labute approximate surface area is 180 Å². The number of carbonyl (C=O) groups is 2. The average Bonchev–Trinajstić information content (AvgIpc) is 2.78. The van der Waals surface area contributed by atoms with Crippen LogP contribution in [0.2, 0.25) is 0 Å². The second kappa shape index (κ2) is 10.9. The Hall–Kier alpha value is -2.66. The highest BCUT2D eigenvalue weighted by Gasteiger charge is 2.25. The third-order valence-electron chi connectivity index (χ3n) is 5.96. The van der Waals surface area contributed by atoms with Crippen LogP contribution in [0.5, 0.6) is 0 Å². The fraction of sp³-hybridized carbons (Fsp3) is 0.440. The molecule has 2 aromatic rings. The number of amides is 2. The van der Waals surface area contributed by atoms with Crippen LogP contribution in [0.1, 0.15) is 37.0 Å². The number of para-hydroxylation sites is 1. The second-order valence-electron chi connectivity index (χ2n) is 8.04. The Kier molecular flexibility index (Phi) is 8.03. The summed E-state index contributed by atoms with van der Waals surface area (Å²) in [5, 5.41) is 3.05. The number of nitrogens with zero attached hydrogens (tertiary/aromatic N) is 1. The van der Waals surface area contributed by atoms with Crippen molar-refractivity contribution in [1.29, 1.82) is 0 Å². The topological polar surface area (TPSA) is 53.9 Å². The first-order valence-corrected chi connectivity index (χ1v) is 11.2. The van der Waals surface area contributed by atoms with Crippen molar-refractivity contribution >= 4 is 17.5 Å². The molecule has 1 fully saturated rings. The number of piperazine rings is 1. The van der Waals surface area contributed by atoms with E-state index < -0.39 is 0 Å². The van der Waals surface area contributed by atoms with E-state index in [9.17, 15) is 9.59 Å². The van der Waals surface area contributed by atoms with Gasteiger partial charge in [-0.05, 0) is 42.0 Å². The molecule has 0 saturated carbocycles. The fourth-order valence-electron chi connectivity index (χ4n) is 3.97. The van der Waals surface area contributed by atoms with Crippen LogP contribution >= 0.6 is 0 Å². The molecule has 0 spiro atoms. The van der Waals surface area contributed by atoms with Crippen LogP contribution in [-0.2, 0) is 28.9 Å². The molecule has 3 rings (SSSR count). The molecule has 0 aliphatic carbocycles. The highest BCUT2D eigenvalue weighted by atomic mass is 16.2. The molecule has 1 saturated heterocycles. The van der Waals surface area contributed by atoms with E-state index in [1.165, 1.54) is 16.0 Å². The lowest BCUT2D eigenvalue weighted by Crippen LogP contribution is -3.15. The van der Waals surface area contributed by atoms with Crippen molar-refractivity contribution in [1.82, 2.24) is 4.90 Å². The van der Waals surface area contributed by atoms with E-state index in [0.717, 1.165) is 56.7 Å². The van der Waals surface area contributed by atoms with E-state index >= 15 is 0 Å². The highest BCUT2D eigenvalue weighted by molar-refractivity contribution is 5.92. The molecular weight excluding hydrogens is 374 g/mol. The van der Waals surface area contributed by atoms with Gasteiger partial charge in [0, 0.05) is 12.1 Å². The van der Waals surface area contributed by atoms with Gasteiger partial charge in [0.1, 0.15) is 0 Å². The third kappa shape index (κ3) is 6.17. The molecule has 30 heavy (non-hydrogen) atoms. The molecule has 5 nitrogen and oxygen atoms in total.